The van der Waals surface area contributed by atoms with E-state index in [1.807, 2.05) is 4.72 Å². The third-order valence-electron chi connectivity index (χ3n) is 2.81. The number of hydrogen-bond donors (Lipinski definition) is 1. The number of sulfonamides is 1. The summed E-state index contributed by atoms with van der Waals surface area (Å²) in [5.41, 5.74) is 0.239. The monoisotopic (exact) mass is 329 g/mol. The normalized spacial score (nSPS) is 11.3. The maximum Gasteiger partial charge on any atom is 0.264 e. The van der Waals surface area contributed by atoms with E-state index in [0.29, 0.717) is 12.1 Å². The van der Waals surface area contributed by atoms with Gasteiger partial charge in [0.2, 0.25) is 0 Å². The van der Waals surface area contributed by atoms with E-state index in [4.69, 9.17) is 0 Å². The molecule has 0 aromatic heterocycles. The number of hydrogen-bond acceptors (Lipinski definition) is 3. The van der Waals surface area contributed by atoms with E-state index in [1.54, 1.807) is 0 Å². The number of carbonyl (C=O) groups is 1. The van der Waals surface area contributed by atoms with E-state index in [-0.39, 0.29) is 17.0 Å². The summed E-state index contributed by atoms with van der Waals surface area (Å²) in [6.45, 7) is 1.29. The van der Waals surface area contributed by atoms with Gasteiger partial charge in [-0.15, -0.1) is 0 Å². The molecule has 2 aromatic rings. The lowest BCUT2D eigenvalue weighted by Gasteiger charge is -2.10. The van der Waals surface area contributed by atoms with Crippen LogP contribution in [-0.4, -0.2) is 14.2 Å². The lowest BCUT2D eigenvalue weighted by atomic mass is 10.1. The van der Waals surface area contributed by atoms with E-state index in [2.05, 4.69) is 0 Å². The van der Waals surface area contributed by atoms with Gasteiger partial charge >= 0.3 is 0 Å². The third-order valence-corrected chi connectivity index (χ3v) is 4.21. The Morgan fingerprint density at radius 1 is 1.05 bits per heavy atom. The van der Waals surface area contributed by atoms with E-state index >= 15 is 0 Å². The SMILES string of the molecule is CC(=O)c1cccc(NS(=O)(=O)c2ccc(F)c(F)c2F)c1. The van der Waals surface area contributed by atoms with Crippen LogP contribution in [-0.2, 0) is 10.0 Å². The lowest BCUT2D eigenvalue weighted by Crippen LogP contribution is -2.16. The Morgan fingerprint density at radius 2 is 1.73 bits per heavy atom. The van der Waals surface area contributed by atoms with Crippen molar-refractivity contribution in [3.05, 3.63) is 59.4 Å². The van der Waals surface area contributed by atoms with Gasteiger partial charge in [0, 0.05) is 11.3 Å². The second-order valence-electron chi connectivity index (χ2n) is 4.42. The van der Waals surface area contributed by atoms with Crippen LogP contribution in [0.15, 0.2) is 41.3 Å². The van der Waals surface area contributed by atoms with Gasteiger partial charge in [0.25, 0.3) is 10.0 Å². The molecule has 0 fully saturated rings. The topological polar surface area (TPSA) is 63.2 Å². The minimum Gasteiger partial charge on any atom is -0.295 e. The van der Waals surface area contributed by atoms with Crippen LogP contribution in [0.3, 0.4) is 0 Å². The van der Waals surface area contributed by atoms with Crippen LogP contribution < -0.4 is 4.72 Å². The average Bonchev–Trinajstić information content (AvgIpc) is 2.44. The fourth-order valence-corrected chi connectivity index (χ4v) is 2.85. The van der Waals surface area contributed by atoms with Gasteiger partial charge in [-0.1, -0.05) is 12.1 Å². The van der Waals surface area contributed by atoms with E-state index in [9.17, 15) is 26.4 Å². The van der Waals surface area contributed by atoms with E-state index < -0.39 is 32.4 Å². The highest BCUT2D eigenvalue weighted by Gasteiger charge is 2.24. The Labute approximate surface area is 124 Å². The molecule has 0 amide bonds. The number of anilines is 1. The summed E-state index contributed by atoms with van der Waals surface area (Å²) < 4.78 is 65.7. The molecule has 0 bridgehead atoms. The molecular formula is C14H10F3NO3S. The van der Waals surface area contributed by atoms with Gasteiger partial charge in [0.05, 0.1) is 0 Å². The Balaban J connectivity index is 2.42. The standard InChI is InChI=1S/C14H10F3NO3S/c1-8(19)9-3-2-4-10(7-9)18-22(20,21)12-6-5-11(15)13(16)14(12)17/h2-7,18H,1H3. The first-order valence-corrected chi connectivity index (χ1v) is 7.48. The summed E-state index contributed by atoms with van der Waals surface area (Å²) in [6.07, 6.45) is 0. The maximum absolute atomic E-state index is 13.6. The Bertz CT molecular complexity index is 850. The molecule has 0 aliphatic carbocycles. The largest absolute Gasteiger partial charge is 0.295 e. The minimum absolute atomic E-state index is 0.00293. The molecule has 22 heavy (non-hydrogen) atoms. The second-order valence-corrected chi connectivity index (χ2v) is 6.07. The first kappa shape index (κ1) is 16.0. The van der Waals surface area contributed by atoms with Crippen LogP contribution in [0.2, 0.25) is 0 Å². The quantitative estimate of drug-likeness (QED) is 0.692. The Kier molecular flexibility index (Phi) is 4.23. The van der Waals surface area contributed by atoms with Crippen molar-refractivity contribution in [2.75, 3.05) is 4.72 Å². The molecule has 1 N–H and O–H groups in total. The molecule has 8 heteroatoms. The molecule has 2 aromatic carbocycles. The fourth-order valence-electron chi connectivity index (χ4n) is 1.73. The van der Waals surface area contributed by atoms with Gasteiger partial charge < -0.3 is 0 Å². The Hall–Kier alpha value is -2.35. The molecule has 0 aliphatic rings. The average molecular weight is 329 g/mol. The highest BCUT2D eigenvalue weighted by molar-refractivity contribution is 7.92. The van der Waals surface area contributed by atoms with E-state index in [1.165, 1.54) is 31.2 Å². The molecule has 0 atom stereocenters. The first-order valence-electron chi connectivity index (χ1n) is 5.99. The van der Waals surface area contributed by atoms with Crippen molar-refractivity contribution in [1.82, 2.24) is 0 Å². The van der Waals surface area contributed by atoms with Crippen molar-refractivity contribution in [2.45, 2.75) is 11.8 Å². The van der Waals surface area contributed by atoms with Crippen LogP contribution >= 0.6 is 0 Å². The van der Waals surface area contributed by atoms with Crippen molar-refractivity contribution < 1.29 is 26.4 Å². The van der Waals surface area contributed by atoms with Crippen molar-refractivity contribution in [3.63, 3.8) is 0 Å². The van der Waals surface area contributed by atoms with Gasteiger partial charge in [-0.3, -0.25) is 9.52 Å². The maximum atomic E-state index is 13.6. The molecule has 0 heterocycles. The summed E-state index contributed by atoms with van der Waals surface area (Å²) in [4.78, 5) is 10.2. The zero-order valence-electron chi connectivity index (χ0n) is 11.2. The van der Waals surface area contributed by atoms with Gasteiger partial charge in [0.15, 0.2) is 23.2 Å². The van der Waals surface area contributed by atoms with Crippen LogP contribution in [0.4, 0.5) is 18.9 Å². The summed E-state index contributed by atoms with van der Waals surface area (Å²) in [6, 6.07) is 6.61. The van der Waals surface area contributed by atoms with Crippen LogP contribution in [0.5, 0.6) is 0 Å². The molecule has 116 valence electrons. The van der Waals surface area contributed by atoms with Crippen molar-refractivity contribution in [2.24, 2.45) is 0 Å². The lowest BCUT2D eigenvalue weighted by molar-refractivity contribution is 0.101. The minimum atomic E-state index is -4.47. The number of ketones is 1. The van der Waals surface area contributed by atoms with Crippen molar-refractivity contribution in [1.29, 1.82) is 0 Å². The van der Waals surface area contributed by atoms with Crippen molar-refractivity contribution in [3.8, 4) is 0 Å². The molecule has 4 nitrogen and oxygen atoms in total. The predicted octanol–water partition coefficient (Wildman–Crippen LogP) is 3.11. The molecular weight excluding hydrogens is 319 g/mol. The third kappa shape index (κ3) is 3.11. The number of nitrogens with one attached hydrogen (secondary N) is 1. The summed E-state index contributed by atoms with van der Waals surface area (Å²) in [5.74, 6) is -5.47. The predicted molar refractivity (Wildman–Crippen MR) is 73.6 cm³/mol. The van der Waals surface area contributed by atoms with Crippen molar-refractivity contribution >= 4 is 21.5 Å². The number of benzene rings is 2. The van der Waals surface area contributed by atoms with Crippen LogP contribution in [0, 0.1) is 17.5 Å². The first-order chi connectivity index (χ1) is 10.2. The molecule has 0 saturated carbocycles. The number of carbonyl (C=O) groups excluding carboxylic acids is 1. The highest BCUT2D eigenvalue weighted by atomic mass is 32.2. The summed E-state index contributed by atoms with van der Waals surface area (Å²) in [5, 5.41) is 0. The van der Waals surface area contributed by atoms with Crippen LogP contribution in [0.25, 0.3) is 0 Å². The van der Waals surface area contributed by atoms with Gasteiger partial charge in [-0.25, -0.2) is 21.6 Å². The number of Topliss-reactive ketones (excluding diaryl/α,β-unsaturated/α-hetero) is 1. The molecule has 2 rings (SSSR count). The zero-order valence-corrected chi connectivity index (χ0v) is 12.0. The number of halogens is 3. The smallest absolute Gasteiger partial charge is 0.264 e. The number of rotatable bonds is 4. The summed E-state index contributed by atoms with van der Waals surface area (Å²) >= 11 is 0. The molecule has 0 unspecified atom stereocenters. The zero-order chi connectivity index (χ0) is 16.5. The van der Waals surface area contributed by atoms with E-state index in [0.717, 1.165) is 0 Å². The van der Waals surface area contributed by atoms with Gasteiger partial charge in [-0.05, 0) is 31.2 Å². The molecule has 0 saturated heterocycles. The summed E-state index contributed by atoms with van der Waals surface area (Å²) in [7, 11) is -4.47. The molecule has 0 spiro atoms. The van der Waals surface area contributed by atoms with Gasteiger partial charge in [-0.2, -0.15) is 0 Å². The second kappa shape index (κ2) is 5.80. The molecule has 0 aliphatic heterocycles. The van der Waals surface area contributed by atoms with Gasteiger partial charge in [0.1, 0.15) is 4.90 Å². The fraction of sp³-hybridized carbons (Fsp3) is 0.0714. The highest BCUT2D eigenvalue weighted by Crippen LogP contribution is 2.22. The Morgan fingerprint density at radius 3 is 2.36 bits per heavy atom. The van der Waals surface area contributed by atoms with Crippen LogP contribution in [0.1, 0.15) is 17.3 Å². The molecule has 0 radical (unpaired) electrons.